The number of piperidine rings is 1. The summed E-state index contributed by atoms with van der Waals surface area (Å²) in [6.45, 7) is 2.93. The average molecular weight is 512 g/mol. The molecule has 0 spiro atoms. The third-order valence-corrected chi connectivity index (χ3v) is 9.49. The third-order valence-electron chi connectivity index (χ3n) is 5.92. The van der Waals surface area contributed by atoms with Gasteiger partial charge in [0.25, 0.3) is 15.9 Å². The summed E-state index contributed by atoms with van der Waals surface area (Å²) in [5, 5.41) is 5.16. The first-order valence-electron chi connectivity index (χ1n) is 10.8. The molecule has 0 radical (unpaired) electrons. The molecule has 0 atom stereocenters. The zero-order chi connectivity index (χ0) is 23.4. The van der Waals surface area contributed by atoms with E-state index in [9.17, 15) is 18.0 Å². The predicted octanol–water partition coefficient (Wildman–Crippen LogP) is 2.59. The first-order chi connectivity index (χ1) is 15.8. The quantitative estimate of drug-likeness (QED) is 0.643. The van der Waals surface area contributed by atoms with Crippen molar-refractivity contribution in [2.24, 2.45) is 5.92 Å². The number of carbonyl (C=O) groups is 2. The van der Waals surface area contributed by atoms with Crippen LogP contribution in [0.2, 0.25) is 5.02 Å². The van der Waals surface area contributed by atoms with Crippen LogP contribution in [-0.4, -0.2) is 68.8 Å². The van der Waals surface area contributed by atoms with E-state index in [1.165, 1.54) is 10.4 Å². The normalized spacial score (nSPS) is 18.3. The Kier molecular flexibility index (Phi) is 7.70. The maximum atomic E-state index is 13.1. The number of benzene rings is 1. The zero-order valence-electron chi connectivity index (χ0n) is 18.0. The maximum absolute atomic E-state index is 13.1. The monoisotopic (exact) mass is 511 g/mol. The molecule has 11 heteroatoms. The molecule has 4 rings (SSSR count). The molecule has 33 heavy (non-hydrogen) atoms. The molecule has 0 saturated carbocycles. The molecule has 178 valence electrons. The fourth-order valence-electron chi connectivity index (χ4n) is 3.93. The minimum atomic E-state index is -3.70. The van der Waals surface area contributed by atoms with Crippen molar-refractivity contribution in [1.82, 2.24) is 14.5 Å². The van der Waals surface area contributed by atoms with Crippen LogP contribution in [0, 0.1) is 5.92 Å². The van der Waals surface area contributed by atoms with Gasteiger partial charge in [0.2, 0.25) is 5.91 Å². The van der Waals surface area contributed by atoms with Crippen molar-refractivity contribution in [2.45, 2.75) is 23.6 Å². The van der Waals surface area contributed by atoms with Gasteiger partial charge in [0.15, 0.2) is 0 Å². The lowest BCUT2D eigenvalue weighted by Gasteiger charge is -2.30. The Bertz CT molecular complexity index is 1090. The van der Waals surface area contributed by atoms with Gasteiger partial charge in [-0.2, -0.15) is 4.31 Å². The summed E-state index contributed by atoms with van der Waals surface area (Å²) in [7, 11) is -3.70. The van der Waals surface area contributed by atoms with E-state index in [1.807, 2.05) is 12.1 Å². The number of rotatable bonds is 6. The Morgan fingerprint density at radius 3 is 2.42 bits per heavy atom. The third kappa shape index (κ3) is 5.75. The molecule has 2 aliphatic rings. The lowest BCUT2D eigenvalue weighted by molar-refractivity contribution is -0.126. The summed E-state index contributed by atoms with van der Waals surface area (Å²) in [6.07, 6.45) is 0.910. The molecule has 8 nitrogen and oxygen atoms in total. The highest BCUT2D eigenvalue weighted by Gasteiger charge is 2.33. The molecule has 0 bridgehead atoms. The van der Waals surface area contributed by atoms with Crippen molar-refractivity contribution in [3.63, 3.8) is 0 Å². The van der Waals surface area contributed by atoms with E-state index < -0.39 is 10.0 Å². The number of morpholine rings is 1. The Morgan fingerprint density at radius 2 is 1.76 bits per heavy atom. The van der Waals surface area contributed by atoms with E-state index >= 15 is 0 Å². The fraction of sp³-hybridized carbons (Fsp3) is 0.455. The molecular formula is C22H26ClN3O5S2. The van der Waals surface area contributed by atoms with Crippen molar-refractivity contribution < 1.29 is 22.7 Å². The second kappa shape index (κ2) is 10.5. The minimum Gasteiger partial charge on any atom is -0.378 e. The average Bonchev–Trinajstić information content (AvgIpc) is 3.35. The second-order valence-corrected chi connectivity index (χ2v) is 11.6. The molecule has 3 heterocycles. The number of thiophene rings is 1. The summed E-state index contributed by atoms with van der Waals surface area (Å²) in [4.78, 5) is 26.8. The standard InChI is InChI=1S/C22H26ClN3O5S2/c23-19-3-1-16(2-4-19)14-24-21(27)17-5-7-26(8-6-17)33(29,30)20-13-18(15-32-20)22(28)25-9-11-31-12-10-25/h1-4,13,15,17H,5-12,14H2,(H,24,27). The number of hydrogen-bond acceptors (Lipinski definition) is 6. The number of nitrogens with zero attached hydrogens (tertiary/aromatic N) is 2. The highest BCUT2D eigenvalue weighted by molar-refractivity contribution is 7.91. The second-order valence-electron chi connectivity index (χ2n) is 8.08. The smallest absolute Gasteiger partial charge is 0.254 e. The molecule has 2 amide bonds. The van der Waals surface area contributed by atoms with Gasteiger partial charge in [0.05, 0.1) is 18.8 Å². The number of hydrogen-bond donors (Lipinski definition) is 1. The summed E-state index contributed by atoms with van der Waals surface area (Å²) >= 11 is 6.94. The number of halogens is 1. The first-order valence-corrected chi connectivity index (χ1v) is 13.5. The van der Waals surface area contributed by atoms with Gasteiger partial charge >= 0.3 is 0 Å². The van der Waals surface area contributed by atoms with E-state index in [0.29, 0.717) is 56.3 Å². The van der Waals surface area contributed by atoms with Crippen molar-refractivity contribution >= 4 is 44.8 Å². The van der Waals surface area contributed by atoms with E-state index in [2.05, 4.69) is 5.32 Å². The van der Waals surface area contributed by atoms with Crippen LogP contribution in [0.25, 0.3) is 0 Å². The van der Waals surface area contributed by atoms with Crippen LogP contribution in [0.15, 0.2) is 39.9 Å². The first kappa shape index (κ1) is 24.2. The number of ether oxygens (including phenoxy) is 1. The van der Waals surface area contributed by atoms with Crippen LogP contribution in [0.4, 0.5) is 0 Å². The Balaban J connectivity index is 1.31. The SMILES string of the molecule is O=C(NCc1ccc(Cl)cc1)C1CCN(S(=O)(=O)c2cc(C(=O)N3CCOCC3)cs2)CC1. The van der Waals surface area contributed by atoms with Gasteiger partial charge in [0.1, 0.15) is 4.21 Å². The Hall–Kier alpha value is -1.98. The highest BCUT2D eigenvalue weighted by atomic mass is 35.5. The van der Waals surface area contributed by atoms with Gasteiger partial charge in [0, 0.05) is 49.0 Å². The minimum absolute atomic E-state index is 0.0727. The van der Waals surface area contributed by atoms with E-state index in [4.69, 9.17) is 16.3 Å². The van der Waals surface area contributed by atoms with Crippen molar-refractivity contribution in [1.29, 1.82) is 0 Å². The molecule has 2 fully saturated rings. The summed E-state index contributed by atoms with van der Waals surface area (Å²) < 4.78 is 33.0. The van der Waals surface area contributed by atoms with Gasteiger partial charge in [-0.05, 0) is 36.6 Å². The van der Waals surface area contributed by atoms with Crippen molar-refractivity contribution in [2.75, 3.05) is 39.4 Å². The van der Waals surface area contributed by atoms with Crippen LogP contribution in [0.1, 0.15) is 28.8 Å². The van der Waals surface area contributed by atoms with Crippen LogP contribution in [0.3, 0.4) is 0 Å². The van der Waals surface area contributed by atoms with Crippen LogP contribution in [0.5, 0.6) is 0 Å². The Morgan fingerprint density at radius 1 is 1.09 bits per heavy atom. The highest BCUT2D eigenvalue weighted by Crippen LogP contribution is 2.28. The van der Waals surface area contributed by atoms with Gasteiger partial charge in [-0.25, -0.2) is 8.42 Å². The zero-order valence-corrected chi connectivity index (χ0v) is 20.4. The van der Waals surface area contributed by atoms with Gasteiger partial charge in [-0.1, -0.05) is 23.7 Å². The van der Waals surface area contributed by atoms with Crippen LogP contribution in [-0.2, 0) is 26.1 Å². The number of nitrogens with one attached hydrogen (secondary N) is 1. The van der Waals surface area contributed by atoms with Crippen LogP contribution < -0.4 is 5.32 Å². The van der Waals surface area contributed by atoms with E-state index in [0.717, 1.165) is 16.9 Å². The molecule has 2 aliphatic heterocycles. The number of amides is 2. The predicted molar refractivity (Wildman–Crippen MR) is 126 cm³/mol. The molecule has 1 aromatic carbocycles. The van der Waals surface area contributed by atoms with Crippen molar-refractivity contribution in [3.8, 4) is 0 Å². The Labute approximate surface area is 202 Å². The largest absolute Gasteiger partial charge is 0.378 e. The molecule has 0 aliphatic carbocycles. The maximum Gasteiger partial charge on any atom is 0.254 e. The number of sulfonamides is 1. The molecular weight excluding hydrogens is 486 g/mol. The number of carbonyl (C=O) groups excluding carboxylic acids is 2. The fourth-order valence-corrected chi connectivity index (χ4v) is 6.84. The lowest BCUT2D eigenvalue weighted by Crippen LogP contribution is -2.42. The molecule has 1 aromatic heterocycles. The molecule has 2 aromatic rings. The molecule has 0 unspecified atom stereocenters. The summed E-state index contributed by atoms with van der Waals surface area (Å²) in [5.74, 6) is -0.478. The molecule has 2 saturated heterocycles. The van der Waals surface area contributed by atoms with Gasteiger partial charge < -0.3 is 15.0 Å². The topological polar surface area (TPSA) is 96.0 Å². The lowest BCUT2D eigenvalue weighted by atomic mass is 9.97. The van der Waals surface area contributed by atoms with Gasteiger partial charge in [-0.3, -0.25) is 9.59 Å². The van der Waals surface area contributed by atoms with E-state index in [-0.39, 0.29) is 35.0 Å². The molecule has 1 N–H and O–H groups in total. The van der Waals surface area contributed by atoms with Crippen molar-refractivity contribution in [3.05, 3.63) is 51.9 Å². The van der Waals surface area contributed by atoms with E-state index in [1.54, 1.807) is 22.4 Å². The summed E-state index contributed by atoms with van der Waals surface area (Å²) in [5.41, 5.74) is 1.34. The summed E-state index contributed by atoms with van der Waals surface area (Å²) in [6, 6.07) is 8.73. The van der Waals surface area contributed by atoms with Gasteiger partial charge in [-0.15, -0.1) is 11.3 Å². The van der Waals surface area contributed by atoms with Crippen LogP contribution >= 0.6 is 22.9 Å².